The lowest BCUT2D eigenvalue weighted by Crippen LogP contribution is -2.31. The molecule has 3 N–H and O–H groups in total. The van der Waals surface area contributed by atoms with E-state index in [1.54, 1.807) is 21.0 Å². The van der Waals surface area contributed by atoms with E-state index in [0.29, 0.717) is 5.69 Å². The van der Waals surface area contributed by atoms with Gasteiger partial charge in [0.25, 0.3) is 21.5 Å². The summed E-state index contributed by atoms with van der Waals surface area (Å²) in [4.78, 5) is 44.0. The number of carbonyl (C=O) groups excluding carboxylic acids is 1. The quantitative estimate of drug-likeness (QED) is 0.667. The lowest BCUT2D eigenvalue weighted by Gasteiger charge is -2.08. The number of thiazole rings is 1. The Morgan fingerprint density at radius 3 is 2.38 bits per heavy atom. The largest absolute Gasteiger partial charge is 0.344 e. The van der Waals surface area contributed by atoms with Crippen molar-refractivity contribution in [2.24, 2.45) is 0 Å². The van der Waals surface area contributed by atoms with Crippen LogP contribution >= 0.6 is 11.3 Å². The third-order valence-corrected chi connectivity index (χ3v) is 5.64. The zero-order valence-corrected chi connectivity index (χ0v) is 14.9. The number of nitrogens with zero attached hydrogens (tertiary/aromatic N) is 2. The molecule has 0 saturated heterocycles. The van der Waals surface area contributed by atoms with Gasteiger partial charge < -0.3 is 9.88 Å². The van der Waals surface area contributed by atoms with E-state index in [4.69, 9.17) is 0 Å². The van der Waals surface area contributed by atoms with E-state index in [1.165, 1.54) is 11.8 Å². The van der Waals surface area contributed by atoms with Crippen molar-refractivity contribution in [2.45, 2.75) is 18.7 Å². The van der Waals surface area contributed by atoms with Gasteiger partial charge in [0, 0.05) is 19.8 Å². The van der Waals surface area contributed by atoms with Gasteiger partial charge in [0.05, 0.1) is 5.69 Å². The average Bonchev–Trinajstić information content (AvgIpc) is 2.75. The first-order valence-electron chi connectivity index (χ1n) is 6.58. The van der Waals surface area contributed by atoms with Gasteiger partial charge in [-0.2, -0.15) is 0 Å². The van der Waals surface area contributed by atoms with Crippen LogP contribution in [0.1, 0.15) is 21.1 Å². The van der Waals surface area contributed by atoms with Crippen LogP contribution < -0.4 is 16.0 Å². The van der Waals surface area contributed by atoms with Crippen LogP contribution in [0.5, 0.6) is 0 Å². The fourth-order valence-corrected chi connectivity index (χ4v) is 4.38. The molecular formula is C12H15N5O5S2. The molecule has 0 bridgehead atoms. The third kappa shape index (κ3) is 3.38. The van der Waals surface area contributed by atoms with Crippen molar-refractivity contribution in [1.29, 1.82) is 0 Å². The lowest BCUT2D eigenvalue weighted by atomic mass is 10.3. The number of nitrogens with one attached hydrogen (secondary N) is 3. The molecule has 0 spiro atoms. The lowest BCUT2D eigenvalue weighted by molar-refractivity contribution is 0.0831. The number of anilines is 1. The van der Waals surface area contributed by atoms with Crippen LogP contribution in [-0.2, 0) is 10.0 Å². The van der Waals surface area contributed by atoms with Gasteiger partial charge in [0.15, 0.2) is 10.0 Å². The normalized spacial score (nSPS) is 11.3. The van der Waals surface area contributed by atoms with Crippen molar-refractivity contribution in [1.82, 2.24) is 19.9 Å². The summed E-state index contributed by atoms with van der Waals surface area (Å²) in [5.41, 5.74) is -1.58. The number of aromatic nitrogens is 3. The summed E-state index contributed by atoms with van der Waals surface area (Å²) in [5, 5.41) is -0.0531. The molecule has 2 rings (SSSR count). The fourth-order valence-electron chi connectivity index (χ4n) is 1.92. The van der Waals surface area contributed by atoms with Crippen molar-refractivity contribution >= 4 is 32.4 Å². The van der Waals surface area contributed by atoms with Crippen LogP contribution in [0.4, 0.5) is 5.13 Å². The Bertz CT molecular complexity index is 1020. The number of rotatable bonds is 4. The third-order valence-electron chi connectivity index (χ3n) is 2.96. The SMILES string of the molecule is Cc1nc(NS(=O)(=O)c2c(C)[nH]c(=O)[nH]c2=O)sc1C(=O)N(C)C. The van der Waals surface area contributed by atoms with Crippen LogP contribution in [0.15, 0.2) is 14.5 Å². The Morgan fingerprint density at radius 2 is 1.83 bits per heavy atom. The zero-order valence-electron chi connectivity index (χ0n) is 13.3. The van der Waals surface area contributed by atoms with Crippen molar-refractivity contribution in [3.8, 4) is 0 Å². The molecular weight excluding hydrogens is 358 g/mol. The first kappa shape index (κ1) is 17.9. The van der Waals surface area contributed by atoms with Gasteiger partial charge in [-0.05, 0) is 13.8 Å². The predicted octanol–water partition coefficient (Wildman–Crippen LogP) is -0.361. The second-order valence-electron chi connectivity index (χ2n) is 5.10. The van der Waals surface area contributed by atoms with E-state index in [2.05, 4.69) is 14.7 Å². The van der Waals surface area contributed by atoms with Gasteiger partial charge in [0.1, 0.15) is 4.88 Å². The van der Waals surface area contributed by atoms with Gasteiger partial charge in [-0.3, -0.25) is 19.3 Å². The number of carbonyl (C=O) groups is 1. The summed E-state index contributed by atoms with van der Waals surface area (Å²) in [6.07, 6.45) is 0. The first-order chi connectivity index (χ1) is 11.0. The highest BCUT2D eigenvalue weighted by Crippen LogP contribution is 2.25. The molecule has 130 valence electrons. The van der Waals surface area contributed by atoms with Crippen LogP contribution in [0.25, 0.3) is 0 Å². The van der Waals surface area contributed by atoms with Gasteiger partial charge in [-0.1, -0.05) is 11.3 Å². The number of hydrogen-bond donors (Lipinski definition) is 3. The van der Waals surface area contributed by atoms with E-state index in [9.17, 15) is 22.8 Å². The molecule has 12 heteroatoms. The van der Waals surface area contributed by atoms with Crippen molar-refractivity contribution in [3.05, 3.63) is 37.1 Å². The molecule has 0 aromatic carbocycles. The summed E-state index contributed by atoms with van der Waals surface area (Å²) in [5.74, 6) is -0.312. The van der Waals surface area contributed by atoms with E-state index >= 15 is 0 Å². The molecule has 0 aliphatic rings. The maximum Gasteiger partial charge on any atom is 0.325 e. The Morgan fingerprint density at radius 1 is 1.21 bits per heavy atom. The van der Waals surface area contributed by atoms with E-state index < -0.39 is 26.2 Å². The number of aryl methyl sites for hydroxylation is 2. The summed E-state index contributed by atoms with van der Waals surface area (Å²) in [7, 11) is -1.15. The second kappa shape index (κ2) is 6.20. The summed E-state index contributed by atoms with van der Waals surface area (Å²) in [6.45, 7) is 2.86. The average molecular weight is 373 g/mol. The van der Waals surface area contributed by atoms with Crippen molar-refractivity contribution in [3.63, 3.8) is 0 Å². The molecule has 2 aromatic heterocycles. The summed E-state index contributed by atoms with van der Waals surface area (Å²) >= 11 is 0.856. The summed E-state index contributed by atoms with van der Waals surface area (Å²) < 4.78 is 27.0. The number of H-pyrrole nitrogens is 2. The number of aromatic amines is 2. The molecule has 0 aliphatic carbocycles. The highest BCUT2D eigenvalue weighted by molar-refractivity contribution is 7.93. The Hall–Kier alpha value is -2.47. The molecule has 10 nitrogen and oxygen atoms in total. The second-order valence-corrected chi connectivity index (χ2v) is 7.72. The maximum absolute atomic E-state index is 12.4. The van der Waals surface area contributed by atoms with E-state index in [1.807, 2.05) is 4.98 Å². The monoisotopic (exact) mass is 373 g/mol. The Balaban J connectivity index is 2.45. The van der Waals surface area contributed by atoms with Crippen molar-refractivity contribution < 1.29 is 13.2 Å². The molecule has 2 heterocycles. The minimum atomic E-state index is -4.28. The molecule has 1 amide bonds. The van der Waals surface area contributed by atoms with E-state index in [-0.39, 0.29) is 21.6 Å². The van der Waals surface area contributed by atoms with Crippen LogP contribution in [-0.4, -0.2) is 48.3 Å². The smallest absolute Gasteiger partial charge is 0.325 e. The van der Waals surface area contributed by atoms with Crippen LogP contribution in [0.2, 0.25) is 0 Å². The van der Waals surface area contributed by atoms with Gasteiger partial charge in [0.2, 0.25) is 0 Å². The molecule has 0 aliphatic heterocycles. The van der Waals surface area contributed by atoms with Crippen LogP contribution in [0, 0.1) is 13.8 Å². The summed E-state index contributed by atoms with van der Waals surface area (Å²) in [6, 6.07) is 0. The Labute approximate surface area is 140 Å². The predicted molar refractivity (Wildman–Crippen MR) is 88.1 cm³/mol. The molecule has 0 radical (unpaired) electrons. The molecule has 0 saturated carbocycles. The minimum absolute atomic E-state index is 0.0531. The highest BCUT2D eigenvalue weighted by atomic mass is 32.2. The minimum Gasteiger partial charge on any atom is -0.344 e. The molecule has 2 aromatic rings. The topological polar surface area (TPSA) is 145 Å². The van der Waals surface area contributed by atoms with Gasteiger partial charge in [-0.15, -0.1) is 0 Å². The van der Waals surface area contributed by atoms with Crippen molar-refractivity contribution in [2.75, 3.05) is 18.8 Å². The molecule has 0 unspecified atom stereocenters. The van der Waals surface area contributed by atoms with Crippen LogP contribution in [0.3, 0.4) is 0 Å². The first-order valence-corrected chi connectivity index (χ1v) is 8.88. The van der Waals surface area contributed by atoms with Gasteiger partial charge >= 0.3 is 5.69 Å². The molecule has 24 heavy (non-hydrogen) atoms. The molecule has 0 fully saturated rings. The van der Waals surface area contributed by atoms with E-state index in [0.717, 1.165) is 11.3 Å². The maximum atomic E-state index is 12.4. The Kier molecular flexibility index (Phi) is 4.62. The number of hydrogen-bond acceptors (Lipinski definition) is 7. The fraction of sp³-hybridized carbons (Fsp3) is 0.333. The highest BCUT2D eigenvalue weighted by Gasteiger charge is 2.25. The zero-order chi connectivity index (χ0) is 18.2. The number of sulfonamides is 1. The molecule has 0 atom stereocenters. The number of amides is 1. The van der Waals surface area contributed by atoms with Gasteiger partial charge in [-0.25, -0.2) is 18.2 Å². The standard InChI is InChI=1S/C12H15N5O5S2/c1-5-7(10(19)17(3)4)23-12(14-5)16-24(21,22)8-6(2)13-11(20)15-9(8)18/h1-4H3,(H,14,16)(H2,13,15,18,20).